The molecule has 0 aromatic carbocycles. The van der Waals surface area contributed by atoms with E-state index in [4.69, 9.17) is 4.89 Å². The summed E-state index contributed by atoms with van der Waals surface area (Å²) in [6.45, 7) is 1.67. The Morgan fingerprint density at radius 2 is 2.00 bits per heavy atom. The molecule has 1 aliphatic carbocycles. The van der Waals surface area contributed by atoms with Gasteiger partial charge in [-0.15, -0.1) is 4.20 Å². The molecule has 3 nitrogen and oxygen atoms in total. The maximum absolute atomic E-state index is 12.2. The summed E-state index contributed by atoms with van der Waals surface area (Å²) in [4.78, 5) is 8.31. The molecule has 0 saturated heterocycles. The van der Waals surface area contributed by atoms with Gasteiger partial charge in [-0.3, -0.25) is 9.42 Å². The molecule has 0 heterocycles. The second-order valence-corrected chi connectivity index (χ2v) is 4.29. The molecule has 5 heteroatoms. The Labute approximate surface area is 65.2 Å². The van der Waals surface area contributed by atoms with Crippen LogP contribution in [0.4, 0.5) is 4.20 Å². The summed E-state index contributed by atoms with van der Waals surface area (Å²) in [7, 11) is -4.78. The molecular formula is C6H12FO3P. The predicted molar refractivity (Wildman–Crippen MR) is 38.9 cm³/mol. The highest BCUT2D eigenvalue weighted by molar-refractivity contribution is 7.47. The van der Waals surface area contributed by atoms with Crippen molar-refractivity contribution < 1.29 is 18.2 Å². The molecule has 0 amide bonds. The predicted octanol–water partition coefficient (Wildman–Crippen LogP) is 2.41. The molecule has 0 spiro atoms. The molecule has 1 unspecified atom stereocenters. The average Bonchev–Trinajstić information content (AvgIpc) is 2.09. The van der Waals surface area contributed by atoms with Gasteiger partial charge in [0, 0.05) is 0 Å². The first-order valence-corrected chi connectivity index (χ1v) is 5.11. The van der Waals surface area contributed by atoms with E-state index in [9.17, 15) is 8.76 Å². The van der Waals surface area contributed by atoms with Gasteiger partial charge in [-0.1, -0.05) is 12.8 Å². The highest BCUT2D eigenvalue weighted by Crippen LogP contribution is 2.51. The Bertz CT molecular complexity index is 182. The van der Waals surface area contributed by atoms with Gasteiger partial charge in [-0.25, -0.2) is 4.57 Å². The Morgan fingerprint density at radius 3 is 2.36 bits per heavy atom. The zero-order valence-corrected chi connectivity index (χ0v) is 7.31. The van der Waals surface area contributed by atoms with Crippen LogP contribution in [0.25, 0.3) is 0 Å². The second kappa shape index (κ2) is 2.85. The van der Waals surface area contributed by atoms with Crippen molar-refractivity contribution >= 4 is 7.91 Å². The fourth-order valence-electron chi connectivity index (χ4n) is 1.49. The third kappa shape index (κ3) is 2.89. The smallest absolute Gasteiger partial charge is 0.299 e. The van der Waals surface area contributed by atoms with Crippen LogP contribution in [0, 0.1) is 0 Å². The van der Waals surface area contributed by atoms with Gasteiger partial charge in [-0.05, 0) is 19.8 Å². The van der Waals surface area contributed by atoms with Crippen molar-refractivity contribution in [2.45, 2.75) is 38.2 Å². The minimum absolute atomic E-state index is 0.668. The standard InChI is InChI=1S/C6H12FO3P/c1-6(4-2-3-5-6)10-11(7,8)9/h2-5H2,1H3,(H,8,9). The van der Waals surface area contributed by atoms with E-state index < -0.39 is 13.5 Å². The Kier molecular flexibility index (Phi) is 2.37. The monoisotopic (exact) mass is 182 g/mol. The lowest BCUT2D eigenvalue weighted by molar-refractivity contribution is 0.0671. The molecule has 66 valence electrons. The summed E-state index contributed by atoms with van der Waals surface area (Å²) < 4.78 is 26.8. The Balaban J connectivity index is 2.53. The van der Waals surface area contributed by atoms with Crippen LogP contribution in [0.2, 0.25) is 0 Å². The third-order valence-electron chi connectivity index (χ3n) is 1.99. The molecule has 0 aromatic rings. The van der Waals surface area contributed by atoms with Crippen LogP contribution in [-0.2, 0) is 9.09 Å². The Hall–Kier alpha value is 0.0800. The lowest BCUT2D eigenvalue weighted by Crippen LogP contribution is -2.21. The Morgan fingerprint density at radius 1 is 1.55 bits per heavy atom. The van der Waals surface area contributed by atoms with Crippen LogP contribution < -0.4 is 0 Å². The van der Waals surface area contributed by atoms with E-state index in [0.717, 1.165) is 12.8 Å². The molecule has 1 aliphatic rings. The summed E-state index contributed by atoms with van der Waals surface area (Å²) in [6, 6.07) is 0. The van der Waals surface area contributed by atoms with Crippen LogP contribution in [0.15, 0.2) is 0 Å². The SMILES string of the molecule is CC1(OP(=O)(O)F)CCCC1. The van der Waals surface area contributed by atoms with E-state index in [2.05, 4.69) is 4.52 Å². The van der Waals surface area contributed by atoms with E-state index in [-0.39, 0.29) is 0 Å². The third-order valence-corrected chi connectivity index (χ3v) is 2.66. The van der Waals surface area contributed by atoms with Gasteiger partial charge in [0.15, 0.2) is 0 Å². The zero-order valence-electron chi connectivity index (χ0n) is 6.42. The number of rotatable bonds is 2. The van der Waals surface area contributed by atoms with Crippen molar-refractivity contribution in [3.63, 3.8) is 0 Å². The number of hydrogen-bond donors (Lipinski definition) is 1. The van der Waals surface area contributed by atoms with Gasteiger partial charge >= 0.3 is 7.91 Å². The molecule has 0 radical (unpaired) electrons. The molecule has 1 fully saturated rings. The molecule has 1 atom stereocenters. The maximum atomic E-state index is 12.2. The topological polar surface area (TPSA) is 46.5 Å². The summed E-state index contributed by atoms with van der Waals surface area (Å²) >= 11 is 0. The van der Waals surface area contributed by atoms with Crippen LogP contribution in [-0.4, -0.2) is 10.5 Å². The molecule has 1 N–H and O–H groups in total. The van der Waals surface area contributed by atoms with Gasteiger partial charge in [-0.2, -0.15) is 0 Å². The molecular weight excluding hydrogens is 170 g/mol. The van der Waals surface area contributed by atoms with Crippen molar-refractivity contribution in [2.24, 2.45) is 0 Å². The van der Waals surface area contributed by atoms with E-state index in [1.165, 1.54) is 0 Å². The summed E-state index contributed by atoms with van der Waals surface area (Å²) in [5, 5.41) is 0. The first kappa shape index (κ1) is 9.17. The van der Waals surface area contributed by atoms with Crippen LogP contribution in [0.3, 0.4) is 0 Å². The summed E-state index contributed by atoms with van der Waals surface area (Å²) in [6.07, 6.45) is 3.22. The van der Waals surface area contributed by atoms with Crippen LogP contribution >= 0.6 is 7.91 Å². The molecule has 0 bridgehead atoms. The van der Waals surface area contributed by atoms with E-state index >= 15 is 0 Å². The van der Waals surface area contributed by atoms with Crippen molar-refractivity contribution in [3.8, 4) is 0 Å². The summed E-state index contributed by atoms with van der Waals surface area (Å²) in [5.41, 5.74) is -0.709. The first-order chi connectivity index (χ1) is 4.91. The minimum atomic E-state index is -4.78. The van der Waals surface area contributed by atoms with Crippen LogP contribution in [0.1, 0.15) is 32.6 Å². The molecule has 0 aliphatic heterocycles. The average molecular weight is 182 g/mol. The largest absolute Gasteiger partial charge is 0.511 e. The van der Waals surface area contributed by atoms with Gasteiger partial charge in [0.2, 0.25) is 0 Å². The molecule has 1 saturated carbocycles. The molecule has 11 heavy (non-hydrogen) atoms. The fourth-order valence-corrected chi connectivity index (χ4v) is 2.21. The van der Waals surface area contributed by atoms with Crippen molar-refractivity contribution in [2.75, 3.05) is 0 Å². The van der Waals surface area contributed by atoms with Gasteiger partial charge in [0.05, 0.1) is 5.60 Å². The fraction of sp³-hybridized carbons (Fsp3) is 1.00. The lowest BCUT2D eigenvalue weighted by Gasteiger charge is -2.22. The van der Waals surface area contributed by atoms with Gasteiger partial charge < -0.3 is 0 Å². The highest BCUT2D eigenvalue weighted by Gasteiger charge is 2.36. The van der Waals surface area contributed by atoms with Crippen molar-refractivity contribution in [1.82, 2.24) is 0 Å². The highest BCUT2D eigenvalue weighted by atomic mass is 31.2. The van der Waals surface area contributed by atoms with E-state index in [1.807, 2.05) is 0 Å². The number of halogens is 1. The van der Waals surface area contributed by atoms with Gasteiger partial charge in [0.25, 0.3) is 0 Å². The minimum Gasteiger partial charge on any atom is -0.299 e. The zero-order chi connectivity index (χ0) is 8.54. The molecule has 0 aromatic heterocycles. The molecule has 1 rings (SSSR count). The van der Waals surface area contributed by atoms with Crippen LogP contribution in [0.5, 0.6) is 0 Å². The first-order valence-electron chi connectivity index (χ1n) is 3.65. The lowest BCUT2D eigenvalue weighted by atomic mass is 10.1. The summed E-state index contributed by atoms with van der Waals surface area (Å²) in [5.74, 6) is 0. The second-order valence-electron chi connectivity index (χ2n) is 3.20. The van der Waals surface area contributed by atoms with Crippen molar-refractivity contribution in [3.05, 3.63) is 0 Å². The van der Waals surface area contributed by atoms with Gasteiger partial charge in [0.1, 0.15) is 0 Å². The van der Waals surface area contributed by atoms with E-state index in [0.29, 0.717) is 12.8 Å². The maximum Gasteiger partial charge on any atom is 0.511 e. The number of hydrogen-bond acceptors (Lipinski definition) is 2. The van der Waals surface area contributed by atoms with E-state index in [1.54, 1.807) is 6.92 Å². The normalized spacial score (nSPS) is 28.3. The van der Waals surface area contributed by atoms with Crippen molar-refractivity contribution in [1.29, 1.82) is 0 Å². The quantitative estimate of drug-likeness (QED) is 0.667.